The van der Waals surface area contributed by atoms with Crippen molar-refractivity contribution in [1.82, 2.24) is 0 Å². The second-order valence-corrected chi connectivity index (χ2v) is 5.44. The third-order valence-corrected chi connectivity index (χ3v) is 3.87. The molecule has 0 N–H and O–H groups in total. The first-order valence-corrected chi connectivity index (χ1v) is 7.62. The maximum atomic E-state index is 3.10. The van der Waals surface area contributed by atoms with E-state index in [1.807, 2.05) is 24.3 Å². The summed E-state index contributed by atoms with van der Waals surface area (Å²) < 4.78 is 0. The van der Waals surface area contributed by atoms with Gasteiger partial charge in [0.1, 0.15) is 0 Å². The van der Waals surface area contributed by atoms with E-state index in [1.165, 1.54) is 21.2 Å². The summed E-state index contributed by atoms with van der Waals surface area (Å²) in [6, 6.07) is 24.9. The summed E-state index contributed by atoms with van der Waals surface area (Å²) in [5.74, 6) is 3.08. The second-order valence-electron chi connectivity index (χ2n) is 4.56. The zero-order valence-corrected chi connectivity index (χ0v) is 12.3. The van der Waals surface area contributed by atoms with Crippen LogP contribution in [0, 0.1) is 11.2 Å². The van der Waals surface area contributed by atoms with Gasteiger partial charge >= 0.3 is 0 Å². The van der Waals surface area contributed by atoms with Crippen molar-refractivity contribution in [3.8, 4) is 11.2 Å². The van der Waals surface area contributed by atoms with Crippen molar-refractivity contribution in [3.63, 3.8) is 0 Å². The first-order valence-electron chi connectivity index (χ1n) is 6.80. The van der Waals surface area contributed by atoms with Crippen molar-refractivity contribution < 1.29 is 0 Å². The number of hydrogen-bond donors (Lipinski definition) is 0. The van der Waals surface area contributed by atoms with E-state index < -0.39 is 0 Å². The molecule has 0 aliphatic heterocycles. The molecule has 1 heteroatoms. The summed E-state index contributed by atoms with van der Waals surface area (Å²) >= 11 is 1.55. The van der Waals surface area contributed by atoms with Gasteiger partial charge in [-0.3, -0.25) is 0 Å². The Bertz CT molecular complexity index is 815. The molecule has 0 aliphatic rings. The maximum Gasteiger partial charge on any atom is 0.0203 e. The van der Waals surface area contributed by atoms with Gasteiger partial charge in [-0.15, -0.1) is 0 Å². The summed E-state index contributed by atoms with van der Waals surface area (Å²) in [5.41, 5.74) is 1.20. The number of benzene rings is 3. The molecule has 0 saturated heterocycles. The average molecular weight is 286 g/mol. The van der Waals surface area contributed by atoms with Crippen LogP contribution in [0.5, 0.6) is 0 Å². The topological polar surface area (TPSA) is 0 Å². The number of fused-ring (bicyclic) bond motifs is 1. The normalized spacial score (nSPS) is 10.5. The van der Waals surface area contributed by atoms with Crippen LogP contribution in [0.25, 0.3) is 16.8 Å². The van der Waals surface area contributed by atoms with Crippen LogP contribution in [-0.2, 0) is 0 Å². The SMILES string of the molecule is C(#CSc1ccccc1)/C=C/c1cccc2ccccc12. The first kappa shape index (κ1) is 13.5. The lowest BCUT2D eigenvalue weighted by atomic mass is 10.0. The van der Waals surface area contributed by atoms with Crippen molar-refractivity contribution in [2.75, 3.05) is 0 Å². The third-order valence-electron chi connectivity index (χ3n) is 3.14. The highest BCUT2D eigenvalue weighted by atomic mass is 32.2. The van der Waals surface area contributed by atoms with Crippen molar-refractivity contribution in [3.05, 3.63) is 84.4 Å². The number of hydrogen-bond acceptors (Lipinski definition) is 1. The Morgan fingerprint density at radius 3 is 2.43 bits per heavy atom. The van der Waals surface area contributed by atoms with Crippen molar-refractivity contribution in [2.45, 2.75) is 4.90 Å². The van der Waals surface area contributed by atoms with Crippen LogP contribution in [0.1, 0.15) is 5.56 Å². The van der Waals surface area contributed by atoms with E-state index >= 15 is 0 Å². The van der Waals surface area contributed by atoms with E-state index in [2.05, 4.69) is 71.8 Å². The standard InChI is InChI=1S/C20H14S/c1-2-13-19(14-3-1)21-16-7-6-10-18-12-8-11-17-9-4-5-15-20(17)18/h1-6,8-15H/b10-6+. The molecule has 0 bridgehead atoms. The van der Waals surface area contributed by atoms with Crippen molar-refractivity contribution in [2.24, 2.45) is 0 Å². The molecule has 0 atom stereocenters. The highest BCUT2D eigenvalue weighted by molar-refractivity contribution is 8.03. The molecule has 3 rings (SSSR count). The minimum atomic E-state index is 1.17. The zero-order valence-electron chi connectivity index (χ0n) is 11.5. The van der Waals surface area contributed by atoms with Gasteiger partial charge in [0.15, 0.2) is 0 Å². The van der Waals surface area contributed by atoms with Crippen LogP contribution in [0.15, 0.2) is 83.8 Å². The summed E-state index contributed by atoms with van der Waals surface area (Å²) in [7, 11) is 0. The van der Waals surface area contributed by atoms with Crippen LogP contribution >= 0.6 is 11.8 Å². The molecule has 0 unspecified atom stereocenters. The van der Waals surface area contributed by atoms with Crippen LogP contribution < -0.4 is 0 Å². The van der Waals surface area contributed by atoms with E-state index in [4.69, 9.17) is 0 Å². The summed E-state index contributed by atoms with van der Waals surface area (Å²) in [4.78, 5) is 1.17. The van der Waals surface area contributed by atoms with E-state index in [-0.39, 0.29) is 0 Å². The second kappa shape index (κ2) is 6.83. The molecule has 0 aromatic heterocycles. The molecule has 0 heterocycles. The molecule has 0 amide bonds. The molecule has 3 aromatic rings. The van der Waals surface area contributed by atoms with Gasteiger partial charge < -0.3 is 0 Å². The monoisotopic (exact) mass is 286 g/mol. The molecule has 0 spiro atoms. The molecule has 3 aromatic carbocycles. The summed E-state index contributed by atoms with van der Waals surface area (Å²) in [5, 5.41) is 5.61. The van der Waals surface area contributed by atoms with Gasteiger partial charge in [-0.2, -0.15) is 0 Å². The minimum absolute atomic E-state index is 1.17. The van der Waals surface area contributed by atoms with Crippen LogP contribution in [0.4, 0.5) is 0 Å². The van der Waals surface area contributed by atoms with Gasteiger partial charge in [0.2, 0.25) is 0 Å². The Morgan fingerprint density at radius 2 is 1.52 bits per heavy atom. The van der Waals surface area contributed by atoms with Gasteiger partial charge in [-0.05, 0) is 57.6 Å². The summed E-state index contributed by atoms with van der Waals surface area (Å²) in [6.07, 6.45) is 3.98. The fraction of sp³-hybridized carbons (Fsp3) is 0. The smallest absolute Gasteiger partial charge is 0.0203 e. The quantitative estimate of drug-likeness (QED) is 0.436. The van der Waals surface area contributed by atoms with Gasteiger partial charge in [-0.1, -0.05) is 66.6 Å². The largest absolute Gasteiger partial charge is 0.0626 e. The number of rotatable bonds is 2. The number of allylic oxidation sites excluding steroid dienone is 1. The number of thioether (sulfide) groups is 1. The molecular weight excluding hydrogens is 272 g/mol. The fourth-order valence-electron chi connectivity index (χ4n) is 2.14. The van der Waals surface area contributed by atoms with Crippen LogP contribution in [-0.4, -0.2) is 0 Å². The van der Waals surface area contributed by atoms with Gasteiger partial charge in [0, 0.05) is 4.90 Å². The lowest BCUT2D eigenvalue weighted by Crippen LogP contribution is -1.76. The lowest BCUT2D eigenvalue weighted by molar-refractivity contribution is 1.48. The van der Waals surface area contributed by atoms with E-state index in [9.17, 15) is 0 Å². The van der Waals surface area contributed by atoms with E-state index in [0.717, 1.165) is 0 Å². The van der Waals surface area contributed by atoms with Gasteiger partial charge in [0.25, 0.3) is 0 Å². The van der Waals surface area contributed by atoms with Crippen molar-refractivity contribution >= 4 is 28.6 Å². The summed E-state index contributed by atoms with van der Waals surface area (Å²) in [6.45, 7) is 0. The molecular formula is C20H14S. The maximum absolute atomic E-state index is 3.10. The molecule has 21 heavy (non-hydrogen) atoms. The molecule has 0 saturated carbocycles. The molecule has 0 radical (unpaired) electrons. The molecule has 0 nitrogen and oxygen atoms in total. The molecule has 0 fully saturated rings. The Balaban J connectivity index is 1.74. The predicted octanol–water partition coefficient (Wildman–Crippen LogP) is 5.61. The minimum Gasteiger partial charge on any atom is -0.0626 e. The van der Waals surface area contributed by atoms with Crippen LogP contribution in [0.2, 0.25) is 0 Å². The van der Waals surface area contributed by atoms with E-state index in [0.29, 0.717) is 0 Å². The van der Waals surface area contributed by atoms with Gasteiger partial charge in [0.05, 0.1) is 0 Å². The van der Waals surface area contributed by atoms with Crippen molar-refractivity contribution in [1.29, 1.82) is 0 Å². The predicted molar refractivity (Wildman–Crippen MR) is 93.1 cm³/mol. The Morgan fingerprint density at radius 1 is 0.762 bits per heavy atom. The Labute approximate surface area is 129 Å². The fourth-order valence-corrected chi connectivity index (χ4v) is 2.68. The van der Waals surface area contributed by atoms with Gasteiger partial charge in [-0.25, -0.2) is 0 Å². The molecule has 100 valence electrons. The molecule has 0 aliphatic carbocycles. The van der Waals surface area contributed by atoms with Crippen LogP contribution in [0.3, 0.4) is 0 Å². The average Bonchev–Trinajstić information content (AvgIpc) is 2.56. The highest BCUT2D eigenvalue weighted by Gasteiger charge is 1.95. The lowest BCUT2D eigenvalue weighted by Gasteiger charge is -2.00. The first-order chi connectivity index (χ1) is 10.4. The highest BCUT2D eigenvalue weighted by Crippen LogP contribution is 2.19. The zero-order chi connectivity index (χ0) is 14.3. The van der Waals surface area contributed by atoms with E-state index in [1.54, 1.807) is 11.8 Å². The Kier molecular flexibility index (Phi) is 4.41. The third kappa shape index (κ3) is 3.56. The Hall–Kier alpha value is -2.43.